The second kappa shape index (κ2) is 9.81. The summed E-state index contributed by atoms with van der Waals surface area (Å²) in [5, 5.41) is 10.8. The van der Waals surface area contributed by atoms with E-state index < -0.39 is 5.82 Å². The number of amides is 1. The monoisotopic (exact) mass is 506 g/mol. The third-order valence-electron chi connectivity index (χ3n) is 6.32. The van der Waals surface area contributed by atoms with Gasteiger partial charge in [0.1, 0.15) is 17.0 Å². The first-order chi connectivity index (χ1) is 18.6. The van der Waals surface area contributed by atoms with Crippen LogP contribution in [0.25, 0.3) is 55.8 Å². The van der Waals surface area contributed by atoms with E-state index in [1.165, 1.54) is 6.07 Å². The number of benzene rings is 1. The molecule has 1 aromatic carbocycles. The van der Waals surface area contributed by atoms with Crippen LogP contribution in [0.15, 0.2) is 67.4 Å². The van der Waals surface area contributed by atoms with Crippen molar-refractivity contribution in [3.8, 4) is 33.8 Å². The number of carbonyl (C=O) groups is 1. The number of hydrogen-bond acceptors (Lipinski definition) is 6. The number of H-pyrrole nitrogens is 2. The molecule has 38 heavy (non-hydrogen) atoms. The van der Waals surface area contributed by atoms with Crippen LogP contribution in [0.1, 0.15) is 26.2 Å². The molecule has 0 aliphatic rings. The summed E-state index contributed by atoms with van der Waals surface area (Å²) in [6, 6.07) is 10.5. The molecule has 0 atom stereocenters. The molecule has 0 spiro atoms. The van der Waals surface area contributed by atoms with E-state index in [1.807, 2.05) is 25.1 Å². The van der Waals surface area contributed by atoms with Gasteiger partial charge in [-0.3, -0.25) is 19.9 Å². The van der Waals surface area contributed by atoms with E-state index in [4.69, 9.17) is 4.98 Å². The van der Waals surface area contributed by atoms with E-state index in [0.717, 1.165) is 24.0 Å². The Morgan fingerprint density at radius 2 is 1.92 bits per heavy atom. The van der Waals surface area contributed by atoms with E-state index in [-0.39, 0.29) is 5.91 Å². The summed E-state index contributed by atoms with van der Waals surface area (Å²) in [4.78, 5) is 33.1. The smallest absolute Gasteiger partial charge is 0.224 e. The quantitative estimate of drug-likeness (QED) is 0.248. The zero-order valence-electron chi connectivity index (χ0n) is 20.5. The fourth-order valence-electron chi connectivity index (χ4n) is 4.43. The highest BCUT2D eigenvalue weighted by atomic mass is 19.1. The lowest BCUT2D eigenvalue weighted by Gasteiger charge is -2.08. The average molecular weight is 507 g/mol. The predicted octanol–water partition coefficient (Wildman–Crippen LogP) is 5.89. The van der Waals surface area contributed by atoms with Gasteiger partial charge in [0.25, 0.3) is 0 Å². The topological polar surface area (TPSA) is 125 Å². The van der Waals surface area contributed by atoms with Crippen molar-refractivity contribution in [3.63, 3.8) is 0 Å². The molecule has 0 saturated carbocycles. The van der Waals surface area contributed by atoms with E-state index in [2.05, 4.69) is 35.5 Å². The number of aromatic nitrogens is 7. The molecule has 5 heterocycles. The number of anilines is 1. The number of pyridine rings is 3. The van der Waals surface area contributed by atoms with Gasteiger partial charge in [-0.1, -0.05) is 19.4 Å². The minimum Gasteiger partial charge on any atom is -0.325 e. The van der Waals surface area contributed by atoms with Crippen LogP contribution in [0.2, 0.25) is 0 Å². The molecule has 0 unspecified atom stereocenters. The van der Waals surface area contributed by atoms with Crippen LogP contribution >= 0.6 is 0 Å². The Morgan fingerprint density at radius 1 is 1.03 bits per heavy atom. The summed E-state index contributed by atoms with van der Waals surface area (Å²) in [5.74, 6) is -0.0280. The van der Waals surface area contributed by atoms with Gasteiger partial charge in [-0.25, -0.2) is 14.4 Å². The maximum absolute atomic E-state index is 15.2. The lowest BCUT2D eigenvalue weighted by molar-refractivity contribution is -0.116. The average Bonchev–Trinajstić information content (AvgIpc) is 3.55. The van der Waals surface area contributed by atoms with Gasteiger partial charge >= 0.3 is 0 Å². The molecule has 9 nitrogen and oxygen atoms in total. The normalized spacial score (nSPS) is 11.3. The zero-order valence-corrected chi connectivity index (χ0v) is 20.5. The van der Waals surface area contributed by atoms with Gasteiger partial charge in [-0.05, 0) is 30.7 Å². The number of hydrogen-bond donors (Lipinski definition) is 3. The minimum absolute atomic E-state index is 0.0945. The number of unbranched alkanes of at least 4 members (excludes halogenated alkanes) is 1. The van der Waals surface area contributed by atoms with Crippen LogP contribution < -0.4 is 5.32 Å². The van der Waals surface area contributed by atoms with Crippen molar-refractivity contribution in [3.05, 3.63) is 73.2 Å². The Hall–Kier alpha value is -4.99. The molecule has 0 aliphatic carbocycles. The van der Waals surface area contributed by atoms with Crippen LogP contribution in [-0.2, 0) is 4.79 Å². The van der Waals surface area contributed by atoms with Crippen molar-refractivity contribution in [1.82, 2.24) is 35.1 Å². The Labute approximate surface area is 216 Å². The molecule has 1 amide bonds. The maximum atomic E-state index is 15.2. The second-order valence-corrected chi connectivity index (χ2v) is 8.95. The molecule has 188 valence electrons. The van der Waals surface area contributed by atoms with Crippen LogP contribution in [0.5, 0.6) is 0 Å². The van der Waals surface area contributed by atoms with E-state index in [9.17, 15) is 4.79 Å². The molecule has 0 bridgehead atoms. The summed E-state index contributed by atoms with van der Waals surface area (Å²) in [7, 11) is 0. The van der Waals surface area contributed by atoms with Crippen molar-refractivity contribution in [1.29, 1.82) is 0 Å². The van der Waals surface area contributed by atoms with Crippen molar-refractivity contribution in [2.45, 2.75) is 26.2 Å². The number of carbonyl (C=O) groups excluding carboxylic acids is 1. The van der Waals surface area contributed by atoms with E-state index in [1.54, 1.807) is 43.1 Å². The van der Waals surface area contributed by atoms with Gasteiger partial charge < -0.3 is 10.3 Å². The summed E-state index contributed by atoms with van der Waals surface area (Å²) >= 11 is 0. The highest BCUT2D eigenvalue weighted by Gasteiger charge is 2.18. The molecular formula is C28H23FN8O. The van der Waals surface area contributed by atoms with E-state index >= 15 is 4.39 Å². The molecular weight excluding hydrogens is 483 g/mol. The zero-order chi connectivity index (χ0) is 26.1. The van der Waals surface area contributed by atoms with E-state index in [0.29, 0.717) is 56.8 Å². The molecule has 3 N–H and O–H groups in total. The lowest BCUT2D eigenvalue weighted by atomic mass is 10.0. The first-order valence-electron chi connectivity index (χ1n) is 12.3. The standard InChI is InChI=1S/C28H23FN8O/c1-2-3-6-24(38)33-18-10-17(14-31-15-18)20-11-21-23(12-22(20)29)36-37-26(21)28-34-25-19(7-9-32-27(25)35-28)16-5-4-8-30-13-16/h4-5,7-15H,2-3,6H2,1H3,(H,33,38)(H,36,37)(H,32,34,35). The number of nitrogens with zero attached hydrogens (tertiary/aromatic N) is 5. The van der Waals surface area contributed by atoms with Gasteiger partial charge in [0.2, 0.25) is 5.91 Å². The van der Waals surface area contributed by atoms with Crippen molar-refractivity contribution in [2.75, 3.05) is 5.32 Å². The van der Waals surface area contributed by atoms with Crippen molar-refractivity contribution in [2.24, 2.45) is 0 Å². The SMILES string of the molecule is CCCCC(=O)Nc1cncc(-c2cc3c(-c4nc5c(-c6cccnc6)ccnc5[nH]4)n[nH]c3cc2F)c1. The summed E-state index contributed by atoms with van der Waals surface area (Å²) in [6.45, 7) is 2.03. The minimum atomic E-state index is -0.436. The van der Waals surface area contributed by atoms with Crippen LogP contribution in [0.4, 0.5) is 10.1 Å². The van der Waals surface area contributed by atoms with Gasteiger partial charge in [-0.15, -0.1) is 0 Å². The summed E-state index contributed by atoms with van der Waals surface area (Å²) in [6.07, 6.45) is 10.5. The Bertz CT molecular complexity index is 1780. The molecule has 0 fully saturated rings. The molecule has 0 saturated heterocycles. The number of nitrogens with one attached hydrogen (secondary N) is 3. The third-order valence-corrected chi connectivity index (χ3v) is 6.32. The van der Waals surface area contributed by atoms with Crippen molar-refractivity contribution >= 4 is 33.7 Å². The number of imidazole rings is 1. The highest BCUT2D eigenvalue weighted by Crippen LogP contribution is 2.34. The van der Waals surface area contributed by atoms with Gasteiger partial charge in [0.15, 0.2) is 11.5 Å². The summed E-state index contributed by atoms with van der Waals surface area (Å²) in [5.41, 5.74) is 5.55. The molecule has 5 aromatic heterocycles. The Kier molecular flexibility index (Phi) is 6.04. The molecule has 6 rings (SSSR count). The van der Waals surface area contributed by atoms with Crippen LogP contribution in [-0.4, -0.2) is 41.0 Å². The molecule has 0 aliphatic heterocycles. The van der Waals surface area contributed by atoms with Gasteiger partial charge in [0.05, 0.1) is 17.4 Å². The number of halogens is 1. The predicted molar refractivity (Wildman–Crippen MR) is 144 cm³/mol. The Balaban J connectivity index is 1.40. The number of rotatable bonds is 7. The molecule has 6 aromatic rings. The first-order valence-corrected chi connectivity index (χ1v) is 12.3. The largest absolute Gasteiger partial charge is 0.325 e. The molecule has 0 radical (unpaired) electrons. The summed E-state index contributed by atoms with van der Waals surface area (Å²) < 4.78 is 15.2. The Morgan fingerprint density at radius 3 is 2.76 bits per heavy atom. The number of aromatic amines is 2. The highest BCUT2D eigenvalue weighted by molar-refractivity contribution is 5.98. The second-order valence-electron chi connectivity index (χ2n) is 8.95. The van der Waals surface area contributed by atoms with Crippen molar-refractivity contribution < 1.29 is 9.18 Å². The van der Waals surface area contributed by atoms with Gasteiger partial charge in [-0.2, -0.15) is 5.10 Å². The first kappa shape index (κ1) is 23.4. The fraction of sp³-hybridized carbons (Fsp3) is 0.143. The third kappa shape index (κ3) is 4.36. The molecule has 10 heteroatoms. The number of fused-ring (bicyclic) bond motifs is 2. The lowest BCUT2D eigenvalue weighted by Crippen LogP contribution is -2.11. The fourth-order valence-corrected chi connectivity index (χ4v) is 4.43. The van der Waals surface area contributed by atoms with Gasteiger partial charge in [0, 0.05) is 64.9 Å². The van der Waals surface area contributed by atoms with Crippen LogP contribution in [0.3, 0.4) is 0 Å². The maximum Gasteiger partial charge on any atom is 0.224 e. The van der Waals surface area contributed by atoms with Crippen LogP contribution in [0, 0.1) is 5.82 Å².